The number of rotatable bonds is 4. The first-order valence-corrected chi connectivity index (χ1v) is 7.85. The third kappa shape index (κ3) is 3.75. The number of nitrogens with zero attached hydrogens (tertiary/aromatic N) is 2. The lowest BCUT2D eigenvalue weighted by molar-refractivity contribution is 0.0711. The summed E-state index contributed by atoms with van der Waals surface area (Å²) in [5.41, 5.74) is 7.20. The molecule has 0 aromatic heterocycles. The second-order valence-electron chi connectivity index (χ2n) is 5.42. The Morgan fingerprint density at radius 2 is 2.14 bits per heavy atom. The number of benzene rings is 1. The molecule has 1 aromatic rings. The average Bonchev–Trinajstić information content (AvgIpc) is 3.00. The first-order chi connectivity index (χ1) is 10.0. The molecule has 1 aliphatic rings. The van der Waals surface area contributed by atoms with Gasteiger partial charge in [0.2, 0.25) is 0 Å². The van der Waals surface area contributed by atoms with Crippen molar-refractivity contribution in [3.63, 3.8) is 0 Å². The smallest absolute Gasteiger partial charge is 0.254 e. The van der Waals surface area contributed by atoms with Gasteiger partial charge in [0.15, 0.2) is 5.84 Å². The van der Waals surface area contributed by atoms with Crippen molar-refractivity contribution in [3.8, 4) is 0 Å². The Labute approximate surface area is 132 Å². The zero-order valence-electron chi connectivity index (χ0n) is 12.1. The minimum atomic E-state index is -0.0627. The van der Waals surface area contributed by atoms with Gasteiger partial charge in [0.1, 0.15) is 0 Å². The predicted molar refractivity (Wildman–Crippen MR) is 85.6 cm³/mol. The quantitative estimate of drug-likeness (QED) is 0.378. The van der Waals surface area contributed by atoms with Crippen LogP contribution in [-0.4, -0.2) is 34.4 Å². The van der Waals surface area contributed by atoms with E-state index in [9.17, 15) is 4.79 Å². The first kappa shape index (κ1) is 15.8. The number of amidine groups is 1. The molecule has 0 saturated heterocycles. The fraction of sp³-hybridized carbons (Fsp3) is 0.467. The molecule has 1 fully saturated rings. The Morgan fingerprint density at radius 1 is 1.48 bits per heavy atom. The third-order valence-corrected chi connectivity index (χ3v) is 4.41. The molecule has 0 bridgehead atoms. The van der Waals surface area contributed by atoms with Gasteiger partial charge in [-0.05, 0) is 37.5 Å². The number of halogens is 1. The molecule has 0 aliphatic heterocycles. The van der Waals surface area contributed by atoms with Gasteiger partial charge in [0.05, 0.1) is 6.54 Å². The maximum absolute atomic E-state index is 12.9. The van der Waals surface area contributed by atoms with Crippen molar-refractivity contribution >= 4 is 27.7 Å². The maximum atomic E-state index is 12.9. The minimum absolute atomic E-state index is 0.0582. The monoisotopic (exact) mass is 353 g/mol. The van der Waals surface area contributed by atoms with Gasteiger partial charge in [-0.15, -0.1) is 0 Å². The molecular weight excluding hydrogens is 334 g/mol. The van der Waals surface area contributed by atoms with Crippen LogP contribution >= 0.6 is 15.9 Å². The molecule has 6 heteroatoms. The number of nitrogens with two attached hydrogens (primary N) is 1. The second-order valence-corrected chi connectivity index (χ2v) is 6.34. The highest BCUT2D eigenvalue weighted by atomic mass is 79.9. The van der Waals surface area contributed by atoms with Gasteiger partial charge in [0, 0.05) is 16.1 Å². The molecule has 0 unspecified atom stereocenters. The van der Waals surface area contributed by atoms with Crippen LogP contribution in [0.1, 0.15) is 41.6 Å². The number of amides is 1. The van der Waals surface area contributed by atoms with E-state index in [0.717, 1.165) is 35.7 Å². The Bertz CT molecular complexity index is 554. The highest BCUT2D eigenvalue weighted by Gasteiger charge is 2.29. The summed E-state index contributed by atoms with van der Waals surface area (Å²) in [6.07, 6.45) is 4.17. The molecule has 0 atom stereocenters. The molecule has 2 rings (SSSR count). The maximum Gasteiger partial charge on any atom is 0.254 e. The van der Waals surface area contributed by atoms with Crippen LogP contribution in [0, 0.1) is 6.92 Å². The van der Waals surface area contributed by atoms with Crippen LogP contribution < -0.4 is 5.73 Å². The normalized spacial score (nSPS) is 16.2. The summed E-state index contributed by atoms with van der Waals surface area (Å²) in [6.45, 7) is 2.07. The van der Waals surface area contributed by atoms with E-state index in [2.05, 4.69) is 21.1 Å². The predicted octanol–water partition coefficient (Wildman–Crippen LogP) is 2.89. The topological polar surface area (TPSA) is 78.9 Å². The molecule has 3 N–H and O–H groups in total. The lowest BCUT2D eigenvalue weighted by Gasteiger charge is -2.29. The van der Waals surface area contributed by atoms with E-state index >= 15 is 0 Å². The van der Waals surface area contributed by atoms with Gasteiger partial charge in [-0.2, -0.15) is 0 Å². The van der Waals surface area contributed by atoms with Crippen LogP contribution in [0.5, 0.6) is 0 Å². The largest absolute Gasteiger partial charge is 0.409 e. The van der Waals surface area contributed by atoms with Gasteiger partial charge < -0.3 is 15.8 Å². The lowest BCUT2D eigenvalue weighted by Crippen LogP contribution is -2.44. The van der Waals surface area contributed by atoms with E-state index in [-0.39, 0.29) is 24.3 Å². The minimum Gasteiger partial charge on any atom is -0.409 e. The van der Waals surface area contributed by atoms with Gasteiger partial charge in [-0.3, -0.25) is 4.79 Å². The Kier molecular flexibility index (Phi) is 5.22. The molecule has 21 heavy (non-hydrogen) atoms. The van der Waals surface area contributed by atoms with E-state index in [1.165, 1.54) is 0 Å². The molecule has 1 aliphatic carbocycles. The zero-order valence-corrected chi connectivity index (χ0v) is 13.6. The Balaban J connectivity index is 2.30. The summed E-state index contributed by atoms with van der Waals surface area (Å²) in [7, 11) is 0. The lowest BCUT2D eigenvalue weighted by atomic mass is 10.1. The van der Waals surface area contributed by atoms with Crippen LogP contribution in [0.3, 0.4) is 0 Å². The molecule has 0 radical (unpaired) electrons. The highest BCUT2D eigenvalue weighted by Crippen LogP contribution is 2.26. The van der Waals surface area contributed by atoms with Gasteiger partial charge in [-0.25, -0.2) is 0 Å². The standard InChI is InChI=1S/C15H20BrN3O2/c1-10-6-7-11(16)8-13(10)15(20)19(9-14(17)18-21)12-4-2-3-5-12/h6-8,12,21H,2-5,9H2,1H3,(H2,17,18). The summed E-state index contributed by atoms with van der Waals surface area (Å²) in [4.78, 5) is 14.6. The van der Waals surface area contributed by atoms with E-state index in [4.69, 9.17) is 10.9 Å². The third-order valence-electron chi connectivity index (χ3n) is 3.92. The molecule has 5 nitrogen and oxygen atoms in total. The van der Waals surface area contributed by atoms with Crippen LogP contribution in [0.2, 0.25) is 0 Å². The first-order valence-electron chi connectivity index (χ1n) is 7.06. The molecule has 1 amide bonds. The fourth-order valence-electron chi connectivity index (χ4n) is 2.77. The number of aryl methyl sites for hydroxylation is 1. The van der Waals surface area contributed by atoms with Crippen LogP contribution in [-0.2, 0) is 0 Å². The van der Waals surface area contributed by atoms with Crippen molar-refractivity contribution in [3.05, 3.63) is 33.8 Å². The molecule has 1 aromatic carbocycles. The van der Waals surface area contributed by atoms with Gasteiger partial charge in [0.25, 0.3) is 5.91 Å². The summed E-state index contributed by atoms with van der Waals surface area (Å²) in [6, 6.07) is 5.81. The van der Waals surface area contributed by atoms with E-state index < -0.39 is 0 Å². The number of hydrogen-bond donors (Lipinski definition) is 2. The Morgan fingerprint density at radius 3 is 2.76 bits per heavy atom. The number of carbonyl (C=O) groups excluding carboxylic acids is 1. The fourth-order valence-corrected chi connectivity index (χ4v) is 3.13. The van der Waals surface area contributed by atoms with Crippen LogP contribution in [0.25, 0.3) is 0 Å². The molecule has 1 saturated carbocycles. The summed E-state index contributed by atoms with van der Waals surface area (Å²) >= 11 is 3.40. The van der Waals surface area contributed by atoms with Crippen molar-refractivity contribution in [1.82, 2.24) is 4.90 Å². The number of carbonyl (C=O) groups is 1. The summed E-state index contributed by atoms with van der Waals surface area (Å²) in [5.74, 6) is -0.00444. The number of oxime groups is 1. The van der Waals surface area contributed by atoms with E-state index in [1.54, 1.807) is 4.90 Å². The second kappa shape index (κ2) is 6.93. The molecule has 114 valence electrons. The summed E-state index contributed by atoms with van der Waals surface area (Å²) in [5, 5.41) is 11.8. The van der Waals surface area contributed by atoms with Gasteiger partial charge >= 0.3 is 0 Å². The molecular formula is C15H20BrN3O2. The highest BCUT2D eigenvalue weighted by molar-refractivity contribution is 9.10. The van der Waals surface area contributed by atoms with Crippen molar-refractivity contribution in [1.29, 1.82) is 0 Å². The Hall–Kier alpha value is -1.56. The number of hydrogen-bond acceptors (Lipinski definition) is 3. The molecule has 0 spiro atoms. The van der Waals surface area contributed by atoms with Crippen LogP contribution in [0.4, 0.5) is 0 Å². The van der Waals surface area contributed by atoms with Crippen molar-refractivity contribution in [2.45, 2.75) is 38.6 Å². The van der Waals surface area contributed by atoms with Gasteiger partial charge in [-0.1, -0.05) is 40.0 Å². The van der Waals surface area contributed by atoms with E-state index in [0.29, 0.717) is 5.56 Å². The van der Waals surface area contributed by atoms with E-state index in [1.807, 2.05) is 25.1 Å². The summed E-state index contributed by atoms with van der Waals surface area (Å²) < 4.78 is 0.867. The van der Waals surface area contributed by atoms with Crippen molar-refractivity contribution < 1.29 is 10.0 Å². The van der Waals surface area contributed by atoms with Crippen LogP contribution in [0.15, 0.2) is 27.8 Å². The SMILES string of the molecule is Cc1ccc(Br)cc1C(=O)N(CC(N)=NO)C1CCCC1. The average molecular weight is 354 g/mol. The zero-order chi connectivity index (χ0) is 15.4. The van der Waals surface area contributed by atoms with Crippen molar-refractivity contribution in [2.24, 2.45) is 10.9 Å². The molecule has 0 heterocycles. The van der Waals surface area contributed by atoms with Crippen molar-refractivity contribution in [2.75, 3.05) is 6.54 Å².